The molecule has 5 heteroatoms. The molecule has 0 spiro atoms. The van der Waals surface area contributed by atoms with Crippen LogP contribution >= 0.6 is 0 Å². The Morgan fingerprint density at radius 3 is 2.97 bits per heavy atom. The van der Waals surface area contributed by atoms with Crippen LogP contribution in [0.5, 0.6) is 5.75 Å². The molecule has 2 aliphatic heterocycles. The van der Waals surface area contributed by atoms with E-state index >= 15 is 0 Å². The van der Waals surface area contributed by atoms with Gasteiger partial charge in [0.15, 0.2) is 0 Å². The Labute approximate surface area is 203 Å². The molecule has 5 rings (SSSR count). The van der Waals surface area contributed by atoms with Crippen LogP contribution in [0.25, 0.3) is 0 Å². The molecule has 0 radical (unpaired) electrons. The number of benzene rings is 1. The van der Waals surface area contributed by atoms with E-state index in [9.17, 15) is 5.11 Å². The van der Waals surface area contributed by atoms with Gasteiger partial charge in [-0.1, -0.05) is 63.1 Å². The van der Waals surface area contributed by atoms with Gasteiger partial charge < -0.3 is 14.6 Å². The Kier molecular flexibility index (Phi) is 7.02. The van der Waals surface area contributed by atoms with Crippen LogP contribution in [0.15, 0.2) is 76.5 Å². The van der Waals surface area contributed by atoms with Crippen LogP contribution in [0.3, 0.4) is 0 Å². The van der Waals surface area contributed by atoms with Crippen molar-refractivity contribution in [3.8, 4) is 5.75 Å². The van der Waals surface area contributed by atoms with Gasteiger partial charge in [0.05, 0.1) is 12.0 Å². The van der Waals surface area contributed by atoms with Crippen molar-refractivity contribution in [3.05, 3.63) is 77.1 Å². The third-order valence-electron chi connectivity index (χ3n) is 7.30. The summed E-state index contributed by atoms with van der Waals surface area (Å²) in [5.41, 5.74) is 4.41. The highest BCUT2D eigenvalue weighted by Gasteiger charge is 2.40. The molecule has 5 nitrogen and oxygen atoms in total. The van der Waals surface area contributed by atoms with Crippen LogP contribution in [-0.2, 0) is 4.74 Å². The first-order chi connectivity index (χ1) is 16.7. The lowest BCUT2D eigenvalue weighted by Crippen LogP contribution is -2.48. The second kappa shape index (κ2) is 10.3. The Morgan fingerprint density at radius 1 is 1.26 bits per heavy atom. The van der Waals surface area contributed by atoms with Gasteiger partial charge in [-0.15, -0.1) is 0 Å². The van der Waals surface area contributed by atoms with Gasteiger partial charge in [0.1, 0.15) is 30.0 Å². The van der Waals surface area contributed by atoms with Crippen molar-refractivity contribution in [2.45, 2.75) is 89.3 Å². The van der Waals surface area contributed by atoms with E-state index in [-0.39, 0.29) is 30.5 Å². The SMILES string of the molecule is CCCCC(CC)OC1CC(C2=CC=CC3Oc4ccccc4C23)=NC(C2=C(O)C=CCC2)N1. The van der Waals surface area contributed by atoms with Crippen LogP contribution in [0.2, 0.25) is 0 Å². The summed E-state index contributed by atoms with van der Waals surface area (Å²) in [6.45, 7) is 4.42. The molecule has 180 valence electrons. The largest absolute Gasteiger partial charge is 0.508 e. The van der Waals surface area contributed by atoms with E-state index in [0.29, 0.717) is 12.2 Å². The number of allylic oxidation sites excluding steroid dienone is 4. The van der Waals surface area contributed by atoms with Gasteiger partial charge in [-0.3, -0.25) is 10.3 Å². The first kappa shape index (κ1) is 23.1. The summed E-state index contributed by atoms with van der Waals surface area (Å²) in [4.78, 5) is 5.17. The van der Waals surface area contributed by atoms with Gasteiger partial charge in [-0.05, 0) is 49.5 Å². The normalized spacial score (nSPS) is 28.6. The lowest BCUT2D eigenvalue weighted by atomic mass is 9.81. The maximum atomic E-state index is 10.6. The molecule has 0 aromatic heterocycles. The first-order valence-corrected chi connectivity index (χ1v) is 12.9. The monoisotopic (exact) mass is 460 g/mol. The zero-order chi connectivity index (χ0) is 23.5. The molecule has 0 bridgehead atoms. The zero-order valence-corrected chi connectivity index (χ0v) is 20.2. The third kappa shape index (κ3) is 4.64. The number of aliphatic hydroxyl groups is 1. The lowest BCUT2D eigenvalue weighted by Gasteiger charge is -2.36. The summed E-state index contributed by atoms with van der Waals surface area (Å²) in [5, 5.41) is 14.2. The maximum Gasteiger partial charge on any atom is 0.128 e. The van der Waals surface area contributed by atoms with Gasteiger partial charge in [-0.2, -0.15) is 0 Å². The topological polar surface area (TPSA) is 63.1 Å². The van der Waals surface area contributed by atoms with Crippen molar-refractivity contribution < 1.29 is 14.6 Å². The van der Waals surface area contributed by atoms with Gasteiger partial charge in [0.2, 0.25) is 0 Å². The van der Waals surface area contributed by atoms with Crippen LogP contribution in [-0.4, -0.2) is 35.4 Å². The minimum absolute atomic E-state index is 0.00835. The molecule has 5 atom stereocenters. The van der Waals surface area contributed by atoms with Crippen molar-refractivity contribution >= 4 is 5.71 Å². The summed E-state index contributed by atoms with van der Waals surface area (Å²) in [6.07, 6.45) is 16.8. The Hall–Kier alpha value is -2.63. The van der Waals surface area contributed by atoms with E-state index in [1.807, 2.05) is 12.1 Å². The molecule has 1 aromatic carbocycles. The van der Waals surface area contributed by atoms with E-state index in [1.54, 1.807) is 6.08 Å². The van der Waals surface area contributed by atoms with Crippen molar-refractivity contribution in [2.24, 2.45) is 4.99 Å². The first-order valence-electron chi connectivity index (χ1n) is 12.9. The molecule has 34 heavy (non-hydrogen) atoms. The summed E-state index contributed by atoms with van der Waals surface area (Å²) in [6, 6.07) is 8.32. The highest BCUT2D eigenvalue weighted by molar-refractivity contribution is 6.03. The van der Waals surface area contributed by atoms with E-state index in [0.717, 1.165) is 42.7 Å². The third-order valence-corrected chi connectivity index (χ3v) is 7.30. The average molecular weight is 461 g/mol. The number of fused-ring (bicyclic) bond motifs is 3. The molecule has 0 saturated carbocycles. The van der Waals surface area contributed by atoms with Gasteiger partial charge >= 0.3 is 0 Å². The molecule has 2 aliphatic carbocycles. The smallest absolute Gasteiger partial charge is 0.128 e. The molecular weight excluding hydrogens is 424 g/mol. The van der Waals surface area contributed by atoms with E-state index < -0.39 is 0 Å². The fourth-order valence-electron chi connectivity index (χ4n) is 5.47. The molecule has 5 unspecified atom stereocenters. The van der Waals surface area contributed by atoms with E-state index in [4.69, 9.17) is 14.5 Å². The number of aliphatic hydroxyl groups excluding tert-OH is 1. The van der Waals surface area contributed by atoms with E-state index in [2.05, 4.69) is 55.6 Å². The number of nitrogens with zero attached hydrogens (tertiary/aromatic N) is 1. The average Bonchev–Trinajstić information content (AvgIpc) is 3.25. The molecule has 0 amide bonds. The molecule has 2 N–H and O–H groups in total. The van der Waals surface area contributed by atoms with Gasteiger partial charge in [0, 0.05) is 23.3 Å². The number of rotatable bonds is 8. The fraction of sp³-hybridized carbons (Fsp3) is 0.483. The summed E-state index contributed by atoms with van der Waals surface area (Å²) >= 11 is 0. The second-order valence-electron chi connectivity index (χ2n) is 9.60. The Bertz CT molecular complexity index is 1050. The quantitative estimate of drug-likeness (QED) is 0.480. The summed E-state index contributed by atoms with van der Waals surface area (Å²) in [7, 11) is 0. The van der Waals surface area contributed by atoms with Crippen molar-refractivity contribution in [2.75, 3.05) is 0 Å². The highest BCUT2D eigenvalue weighted by Crippen LogP contribution is 2.45. The predicted molar refractivity (Wildman–Crippen MR) is 136 cm³/mol. The van der Waals surface area contributed by atoms with Crippen LogP contribution in [0.4, 0.5) is 0 Å². The zero-order valence-electron chi connectivity index (χ0n) is 20.2. The number of para-hydroxylation sites is 1. The molecular formula is C29H36N2O3. The second-order valence-corrected chi connectivity index (χ2v) is 9.60. The minimum Gasteiger partial charge on any atom is -0.508 e. The summed E-state index contributed by atoms with van der Waals surface area (Å²) in [5.74, 6) is 1.42. The van der Waals surface area contributed by atoms with Crippen LogP contribution in [0.1, 0.15) is 70.3 Å². The molecule has 4 aliphatic rings. The highest BCUT2D eigenvalue weighted by atomic mass is 16.5. The Balaban J connectivity index is 1.47. The number of hydrogen-bond donors (Lipinski definition) is 2. The maximum absolute atomic E-state index is 10.6. The summed E-state index contributed by atoms with van der Waals surface area (Å²) < 4.78 is 12.9. The standard InChI is InChI=1S/C29H36N2O3/c1-3-5-11-19(4-2)33-27-18-23(30-29(31-27)21-12-6-8-15-24(21)32)20-14-10-17-26-28(20)22-13-7-9-16-25(22)34-26/h7-10,13-17,19,26-29,31-32H,3-6,11-12,18H2,1-2H3. The van der Waals surface area contributed by atoms with Crippen molar-refractivity contribution in [1.82, 2.24) is 5.32 Å². The number of ether oxygens (including phenoxy) is 2. The van der Waals surface area contributed by atoms with Crippen LogP contribution < -0.4 is 10.1 Å². The number of unbranched alkanes of at least 4 members (excludes halogenated alkanes) is 1. The fourth-order valence-corrected chi connectivity index (χ4v) is 5.47. The van der Waals surface area contributed by atoms with Crippen molar-refractivity contribution in [1.29, 1.82) is 0 Å². The molecule has 2 heterocycles. The van der Waals surface area contributed by atoms with Crippen molar-refractivity contribution in [3.63, 3.8) is 0 Å². The minimum atomic E-state index is -0.287. The molecule has 1 aromatic rings. The lowest BCUT2D eigenvalue weighted by molar-refractivity contribution is -0.0385. The molecule has 0 fully saturated rings. The van der Waals surface area contributed by atoms with E-state index in [1.165, 1.54) is 24.0 Å². The Morgan fingerprint density at radius 2 is 2.15 bits per heavy atom. The van der Waals surface area contributed by atoms with Crippen LogP contribution in [0, 0.1) is 0 Å². The number of nitrogens with one attached hydrogen (secondary N) is 1. The van der Waals surface area contributed by atoms with Gasteiger partial charge in [0.25, 0.3) is 0 Å². The number of aliphatic imine (C=N–C) groups is 1. The number of hydrogen-bond acceptors (Lipinski definition) is 5. The van der Waals surface area contributed by atoms with Gasteiger partial charge in [-0.25, -0.2) is 0 Å². The molecule has 0 saturated heterocycles. The predicted octanol–water partition coefficient (Wildman–Crippen LogP) is 6.26.